The van der Waals surface area contributed by atoms with Gasteiger partial charge < -0.3 is 9.47 Å². The molecule has 0 saturated heterocycles. The van der Waals surface area contributed by atoms with Crippen LogP contribution < -0.4 is 4.74 Å². The lowest BCUT2D eigenvalue weighted by Gasteiger charge is -2.23. The van der Waals surface area contributed by atoms with Gasteiger partial charge in [0, 0.05) is 5.92 Å². The Labute approximate surface area is 105 Å². The lowest BCUT2D eigenvalue weighted by molar-refractivity contribution is -0.151. The first-order chi connectivity index (χ1) is 8.71. The average molecular weight is 243 g/mol. The number of hydrogen-bond donors (Lipinski definition) is 0. The van der Waals surface area contributed by atoms with Gasteiger partial charge in [-0.15, -0.1) is 0 Å². The smallest absolute Gasteiger partial charge is 0.316 e. The summed E-state index contributed by atoms with van der Waals surface area (Å²) in [5, 5.41) is 8.84. The van der Waals surface area contributed by atoms with E-state index in [0.717, 1.165) is 17.7 Å². The quantitative estimate of drug-likeness (QED) is 0.745. The fourth-order valence-electron chi connectivity index (χ4n) is 2.66. The highest BCUT2D eigenvalue weighted by molar-refractivity contribution is 5.83. The largest absolute Gasteiger partial charge is 0.492 e. The number of esters is 1. The van der Waals surface area contributed by atoms with Crippen molar-refractivity contribution in [2.45, 2.75) is 19.3 Å². The number of nitriles is 1. The molecular formula is C14H13NO3. The molecule has 1 aliphatic carbocycles. The number of nitrogens with zero attached hydrogens (tertiary/aromatic N) is 1. The van der Waals surface area contributed by atoms with Crippen molar-refractivity contribution in [3.05, 3.63) is 29.3 Å². The molecule has 3 rings (SSSR count). The molecule has 1 aromatic carbocycles. The number of fused-ring (bicyclic) bond motifs is 3. The second-order valence-corrected chi connectivity index (χ2v) is 4.79. The summed E-state index contributed by atoms with van der Waals surface area (Å²) in [5.74, 6) is 0.759. The summed E-state index contributed by atoms with van der Waals surface area (Å²) < 4.78 is 10.8. The lowest BCUT2D eigenvalue weighted by atomic mass is 9.96. The van der Waals surface area contributed by atoms with Crippen LogP contribution in [0.4, 0.5) is 0 Å². The molecule has 0 aromatic heterocycles. The lowest BCUT2D eigenvalue weighted by Crippen LogP contribution is -2.30. The van der Waals surface area contributed by atoms with E-state index in [1.165, 1.54) is 0 Å². The SMILES string of the molecule is CCOC(=O)[C@]12COc3cc(C#N)ccc3[C@H]1C2. The predicted molar refractivity (Wildman–Crippen MR) is 63.1 cm³/mol. The molecule has 0 N–H and O–H groups in total. The minimum atomic E-state index is -0.475. The topological polar surface area (TPSA) is 59.3 Å². The number of carbonyl (C=O) groups is 1. The van der Waals surface area contributed by atoms with Gasteiger partial charge in [0.25, 0.3) is 0 Å². The van der Waals surface area contributed by atoms with Crippen molar-refractivity contribution < 1.29 is 14.3 Å². The van der Waals surface area contributed by atoms with Crippen molar-refractivity contribution in [3.8, 4) is 11.8 Å². The van der Waals surface area contributed by atoms with Crippen molar-refractivity contribution in [2.75, 3.05) is 13.2 Å². The Bertz CT molecular complexity index is 561. The first kappa shape index (κ1) is 11.1. The first-order valence-electron chi connectivity index (χ1n) is 6.05. The van der Waals surface area contributed by atoms with Gasteiger partial charge in [0.05, 0.1) is 18.2 Å². The van der Waals surface area contributed by atoms with Gasteiger partial charge in [-0.1, -0.05) is 6.07 Å². The number of carbonyl (C=O) groups excluding carboxylic acids is 1. The molecule has 4 heteroatoms. The van der Waals surface area contributed by atoms with Crippen LogP contribution >= 0.6 is 0 Å². The van der Waals surface area contributed by atoms with Crippen LogP contribution in [0.2, 0.25) is 0 Å². The molecule has 0 radical (unpaired) electrons. The summed E-state index contributed by atoms with van der Waals surface area (Å²) in [6.45, 7) is 2.56. The van der Waals surface area contributed by atoms with Gasteiger partial charge in [-0.2, -0.15) is 5.26 Å². The van der Waals surface area contributed by atoms with Crippen LogP contribution in [0.3, 0.4) is 0 Å². The van der Waals surface area contributed by atoms with E-state index in [9.17, 15) is 4.79 Å². The maximum Gasteiger partial charge on any atom is 0.316 e. The Balaban J connectivity index is 1.91. The zero-order chi connectivity index (χ0) is 12.8. The average Bonchev–Trinajstić information content (AvgIpc) is 3.14. The standard InChI is InChI=1S/C14H13NO3/c1-2-17-13(16)14-6-11(14)10-4-3-9(7-15)5-12(10)18-8-14/h3-5,11H,2,6,8H2,1H3/t11-,14-/m1/s1. The van der Waals surface area contributed by atoms with Crippen molar-refractivity contribution in [1.82, 2.24) is 0 Å². The fourth-order valence-corrected chi connectivity index (χ4v) is 2.66. The Morgan fingerprint density at radius 3 is 3.22 bits per heavy atom. The van der Waals surface area contributed by atoms with Crippen molar-refractivity contribution >= 4 is 5.97 Å². The maximum absolute atomic E-state index is 11.9. The highest BCUT2D eigenvalue weighted by Gasteiger charge is 2.65. The van der Waals surface area contributed by atoms with E-state index < -0.39 is 5.41 Å². The van der Waals surface area contributed by atoms with Crippen LogP contribution in [0.1, 0.15) is 30.4 Å². The molecule has 2 atom stereocenters. The van der Waals surface area contributed by atoms with Gasteiger partial charge in [-0.3, -0.25) is 4.79 Å². The minimum absolute atomic E-state index is 0.162. The molecule has 0 unspecified atom stereocenters. The van der Waals surface area contributed by atoms with Gasteiger partial charge in [-0.25, -0.2) is 0 Å². The Morgan fingerprint density at radius 2 is 2.50 bits per heavy atom. The summed E-state index contributed by atoms with van der Waals surface area (Å²) in [4.78, 5) is 11.9. The highest BCUT2D eigenvalue weighted by atomic mass is 16.5. The van der Waals surface area contributed by atoms with E-state index in [0.29, 0.717) is 18.8 Å². The Hall–Kier alpha value is -2.02. The van der Waals surface area contributed by atoms with Gasteiger partial charge in [0.15, 0.2) is 0 Å². The third-order valence-corrected chi connectivity index (χ3v) is 3.76. The first-order valence-corrected chi connectivity index (χ1v) is 6.05. The van der Waals surface area contributed by atoms with E-state index in [4.69, 9.17) is 14.7 Å². The zero-order valence-electron chi connectivity index (χ0n) is 10.1. The van der Waals surface area contributed by atoms with Gasteiger partial charge in [0.2, 0.25) is 0 Å². The van der Waals surface area contributed by atoms with E-state index in [1.54, 1.807) is 12.1 Å². The van der Waals surface area contributed by atoms with E-state index >= 15 is 0 Å². The summed E-state index contributed by atoms with van der Waals surface area (Å²) >= 11 is 0. The van der Waals surface area contributed by atoms with E-state index in [-0.39, 0.29) is 11.9 Å². The molecule has 1 fully saturated rings. The normalized spacial score (nSPS) is 27.2. The fraction of sp³-hybridized carbons (Fsp3) is 0.429. The summed E-state index contributed by atoms with van der Waals surface area (Å²) in [6, 6.07) is 7.48. The molecule has 1 saturated carbocycles. The molecule has 1 aromatic rings. The highest BCUT2D eigenvalue weighted by Crippen LogP contribution is 2.64. The molecule has 0 spiro atoms. The monoisotopic (exact) mass is 243 g/mol. The minimum Gasteiger partial charge on any atom is -0.492 e. The van der Waals surface area contributed by atoms with Crippen LogP contribution in [-0.2, 0) is 9.53 Å². The number of rotatable bonds is 2. The number of benzene rings is 1. The van der Waals surface area contributed by atoms with Gasteiger partial charge in [0.1, 0.15) is 17.8 Å². The van der Waals surface area contributed by atoms with Crippen molar-refractivity contribution in [3.63, 3.8) is 0 Å². The van der Waals surface area contributed by atoms with Crippen LogP contribution in [-0.4, -0.2) is 19.2 Å². The second-order valence-electron chi connectivity index (χ2n) is 4.79. The van der Waals surface area contributed by atoms with Crippen LogP contribution in [0.15, 0.2) is 18.2 Å². The third kappa shape index (κ3) is 1.40. The summed E-state index contributed by atoms with van der Waals surface area (Å²) in [6.07, 6.45) is 0.782. The van der Waals surface area contributed by atoms with Crippen LogP contribution in [0, 0.1) is 16.7 Å². The molecule has 4 nitrogen and oxygen atoms in total. The number of hydrogen-bond acceptors (Lipinski definition) is 4. The van der Waals surface area contributed by atoms with Crippen LogP contribution in [0.25, 0.3) is 0 Å². The van der Waals surface area contributed by atoms with Crippen molar-refractivity contribution in [2.24, 2.45) is 5.41 Å². The zero-order valence-corrected chi connectivity index (χ0v) is 10.1. The van der Waals surface area contributed by atoms with Crippen molar-refractivity contribution in [1.29, 1.82) is 5.26 Å². The number of ether oxygens (including phenoxy) is 2. The maximum atomic E-state index is 11.9. The Kier molecular flexibility index (Phi) is 2.30. The third-order valence-electron chi connectivity index (χ3n) is 3.76. The Morgan fingerprint density at radius 1 is 1.67 bits per heavy atom. The molecule has 18 heavy (non-hydrogen) atoms. The predicted octanol–water partition coefficient (Wildman–Crippen LogP) is 1.99. The summed E-state index contributed by atoms with van der Waals surface area (Å²) in [5.41, 5.74) is 1.13. The molecular weight excluding hydrogens is 230 g/mol. The molecule has 1 aliphatic heterocycles. The van der Waals surface area contributed by atoms with E-state index in [1.807, 2.05) is 13.0 Å². The molecule has 0 amide bonds. The van der Waals surface area contributed by atoms with Gasteiger partial charge in [-0.05, 0) is 31.0 Å². The van der Waals surface area contributed by atoms with Gasteiger partial charge >= 0.3 is 5.97 Å². The second kappa shape index (κ2) is 3.74. The summed E-state index contributed by atoms with van der Waals surface area (Å²) in [7, 11) is 0. The molecule has 2 aliphatic rings. The molecule has 1 heterocycles. The van der Waals surface area contributed by atoms with E-state index in [2.05, 4.69) is 6.07 Å². The molecule has 0 bridgehead atoms. The van der Waals surface area contributed by atoms with Crippen LogP contribution in [0.5, 0.6) is 5.75 Å². The molecule has 92 valence electrons.